The summed E-state index contributed by atoms with van der Waals surface area (Å²) in [6.45, 7) is 7.01. The molecule has 0 atom stereocenters. The summed E-state index contributed by atoms with van der Waals surface area (Å²) in [7, 11) is 0. The van der Waals surface area contributed by atoms with Crippen molar-refractivity contribution in [2.45, 2.75) is 33.1 Å². The maximum Gasteiger partial charge on any atom is 0.309 e. The molecule has 0 radical (unpaired) electrons. The smallest absolute Gasteiger partial charge is 0.309 e. The summed E-state index contributed by atoms with van der Waals surface area (Å²) < 4.78 is 0. The number of carboxylic acid groups (broad SMARTS) is 1. The second kappa shape index (κ2) is 4.09. The van der Waals surface area contributed by atoms with Gasteiger partial charge in [0.05, 0.1) is 5.41 Å². The fourth-order valence-corrected chi connectivity index (χ4v) is 1.80. The van der Waals surface area contributed by atoms with Crippen molar-refractivity contribution in [2.75, 3.05) is 19.6 Å². The van der Waals surface area contributed by atoms with Crippen molar-refractivity contribution in [2.24, 2.45) is 5.41 Å². The van der Waals surface area contributed by atoms with Crippen molar-refractivity contribution in [1.29, 1.82) is 0 Å². The molecule has 1 saturated heterocycles. The van der Waals surface area contributed by atoms with Gasteiger partial charge in [0.2, 0.25) is 0 Å². The van der Waals surface area contributed by atoms with E-state index >= 15 is 0 Å². The van der Waals surface area contributed by atoms with Gasteiger partial charge in [0.25, 0.3) is 0 Å². The Morgan fingerprint density at radius 2 is 2.00 bits per heavy atom. The molecular weight excluding hydrogens is 166 g/mol. The van der Waals surface area contributed by atoms with Crippen LogP contribution < -0.4 is 0 Å². The van der Waals surface area contributed by atoms with E-state index in [1.165, 1.54) is 0 Å². The van der Waals surface area contributed by atoms with E-state index in [4.69, 9.17) is 5.11 Å². The number of aliphatic carboxylic acids is 1. The molecule has 0 aromatic rings. The number of carboxylic acids is 1. The second-order valence-electron chi connectivity index (χ2n) is 4.21. The van der Waals surface area contributed by atoms with Gasteiger partial charge in [-0.3, -0.25) is 4.79 Å². The van der Waals surface area contributed by atoms with E-state index in [1.54, 1.807) is 0 Å². The van der Waals surface area contributed by atoms with Crippen LogP contribution in [0.5, 0.6) is 0 Å². The Bertz CT molecular complexity index is 183. The molecule has 1 heterocycles. The molecule has 1 N–H and O–H groups in total. The number of hydrogen-bond acceptors (Lipinski definition) is 2. The molecule has 3 heteroatoms. The molecule has 0 spiro atoms. The predicted molar refractivity (Wildman–Crippen MR) is 51.7 cm³/mol. The third-order valence-corrected chi connectivity index (χ3v) is 3.02. The first-order chi connectivity index (χ1) is 6.08. The molecule has 1 aliphatic heterocycles. The largest absolute Gasteiger partial charge is 0.481 e. The number of nitrogens with zero attached hydrogens (tertiary/aromatic N) is 1. The molecule has 1 rings (SSSR count). The Kier molecular flexibility index (Phi) is 3.31. The number of likely N-dealkylation sites (tertiary alicyclic amines) is 1. The van der Waals surface area contributed by atoms with Gasteiger partial charge in [-0.05, 0) is 45.8 Å². The molecule has 3 nitrogen and oxygen atoms in total. The SMILES string of the molecule is CCCN1CCC(C)(C(=O)O)CC1. The van der Waals surface area contributed by atoms with E-state index in [0.29, 0.717) is 0 Å². The summed E-state index contributed by atoms with van der Waals surface area (Å²) >= 11 is 0. The molecular formula is C10H19NO2. The standard InChI is InChI=1S/C10H19NO2/c1-3-6-11-7-4-10(2,5-8-11)9(12)13/h3-8H2,1-2H3,(H,12,13). The maximum absolute atomic E-state index is 10.9. The van der Waals surface area contributed by atoms with Crippen LogP contribution in [0, 0.1) is 5.41 Å². The second-order valence-corrected chi connectivity index (χ2v) is 4.21. The third kappa shape index (κ3) is 2.44. The fraction of sp³-hybridized carbons (Fsp3) is 0.900. The summed E-state index contributed by atoms with van der Waals surface area (Å²) in [6, 6.07) is 0. The number of hydrogen-bond donors (Lipinski definition) is 1. The van der Waals surface area contributed by atoms with Crippen molar-refractivity contribution in [1.82, 2.24) is 4.90 Å². The zero-order valence-corrected chi connectivity index (χ0v) is 8.55. The van der Waals surface area contributed by atoms with Crippen molar-refractivity contribution in [3.8, 4) is 0 Å². The van der Waals surface area contributed by atoms with E-state index < -0.39 is 11.4 Å². The van der Waals surface area contributed by atoms with E-state index in [1.807, 2.05) is 6.92 Å². The van der Waals surface area contributed by atoms with Crippen molar-refractivity contribution in [3.05, 3.63) is 0 Å². The average molecular weight is 185 g/mol. The zero-order chi connectivity index (χ0) is 9.90. The molecule has 0 amide bonds. The normalized spacial score (nSPS) is 22.9. The highest BCUT2D eigenvalue weighted by Crippen LogP contribution is 2.30. The van der Waals surface area contributed by atoms with Crippen LogP contribution in [0.3, 0.4) is 0 Å². The van der Waals surface area contributed by atoms with Gasteiger partial charge in [-0.15, -0.1) is 0 Å². The first-order valence-corrected chi connectivity index (χ1v) is 5.04. The molecule has 1 fully saturated rings. The zero-order valence-electron chi connectivity index (χ0n) is 8.55. The van der Waals surface area contributed by atoms with Crippen molar-refractivity contribution < 1.29 is 9.90 Å². The molecule has 0 aromatic carbocycles. The Morgan fingerprint density at radius 1 is 1.46 bits per heavy atom. The minimum absolute atomic E-state index is 0.468. The lowest BCUT2D eigenvalue weighted by molar-refractivity contribution is -0.150. The highest BCUT2D eigenvalue weighted by atomic mass is 16.4. The molecule has 0 aliphatic carbocycles. The monoisotopic (exact) mass is 185 g/mol. The Morgan fingerprint density at radius 3 is 2.38 bits per heavy atom. The molecule has 13 heavy (non-hydrogen) atoms. The summed E-state index contributed by atoms with van der Waals surface area (Å²) in [5.41, 5.74) is -0.468. The first kappa shape index (κ1) is 10.5. The number of carbonyl (C=O) groups is 1. The summed E-state index contributed by atoms with van der Waals surface area (Å²) in [5, 5.41) is 9.00. The van der Waals surface area contributed by atoms with Gasteiger partial charge in [0.1, 0.15) is 0 Å². The van der Waals surface area contributed by atoms with Crippen LogP contribution in [0.1, 0.15) is 33.1 Å². The molecule has 0 aromatic heterocycles. The van der Waals surface area contributed by atoms with Crippen LogP contribution in [-0.2, 0) is 4.79 Å². The molecule has 1 aliphatic rings. The van der Waals surface area contributed by atoms with E-state index in [2.05, 4.69) is 11.8 Å². The maximum atomic E-state index is 10.9. The minimum Gasteiger partial charge on any atom is -0.481 e. The summed E-state index contributed by atoms with van der Waals surface area (Å²) in [6.07, 6.45) is 2.74. The quantitative estimate of drug-likeness (QED) is 0.725. The molecule has 76 valence electrons. The van der Waals surface area contributed by atoms with Crippen molar-refractivity contribution >= 4 is 5.97 Å². The van der Waals surface area contributed by atoms with Gasteiger partial charge in [-0.1, -0.05) is 6.92 Å². The number of rotatable bonds is 3. The summed E-state index contributed by atoms with van der Waals surface area (Å²) in [4.78, 5) is 13.3. The third-order valence-electron chi connectivity index (χ3n) is 3.02. The average Bonchev–Trinajstić information content (AvgIpc) is 2.09. The van der Waals surface area contributed by atoms with Crippen LogP contribution in [0.25, 0.3) is 0 Å². The highest BCUT2D eigenvalue weighted by molar-refractivity contribution is 5.74. The van der Waals surface area contributed by atoms with E-state index in [-0.39, 0.29) is 0 Å². The van der Waals surface area contributed by atoms with Gasteiger partial charge in [-0.25, -0.2) is 0 Å². The first-order valence-electron chi connectivity index (χ1n) is 5.04. The van der Waals surface area contributed by atoms with Crippen LogP contribution in [0.4, 0.5) is 0 Å². The topological polar surface area (TPSA) is 40.5 Å². The van der Waals surface area contributed by atoms with E-state index in [0.717, 1.165) is 38.9 Å². The fourth-order valence-electron chi connectivity index (χ4n) is 1.80. The Labute approximate surface area is 79.7 Å². The Balaban J connectivity index is 2.42. The van der Waals surface area contributed by atoms with Gasteiger partial charge in [-0.2, -0.15) is 0 Å². The molecule has 0 saturated carbocycles. The minimum atomic E-state index is -0.636. The van der Waals surface area contributed by atoms with Gasteiger partial charge in [0, 0.05) is 0 Å². The van der Waals surface area contributed by atoms with Gasteiger partial charge in [0.15, 0.2) is 0 Å². The van der Waals surface area contributed by atoms with Crippen LogP contribution >= 0.6 is 0 Å². The van der Waals surface area contributed by atoms with Gasteiger partial charge < -0.3 is 10.0 Å². The Hall–Kier alpha value is -0.570. The highest BCUT2D eigenvalue weighted by Gasteiger charge is 2.36. The molecule has 0 unspecified atom stereocenters. The summed E-state index contributed by atoms with van der Waals surface area (Å²) in [5.74, 6) is -0.636. The lowest BCUT2D eigenvalue weighted by atomic mass is 9.80. The molecule has 0 bridgehead atoms. The lowest BCUT2D eigenvalue weighted by Gasteiger charge is -2.36. The van der Waals surface area contributed by atoms with Gasteiger partial charge >= 0.3 is 5.97 Å². The predicted octanol–water partition coefficient (Wildman–Crippen LogP) is 1.58. The van der Waals surface area contributed by atoms with Crippen LogP contribution in [-0.4, -0.2) is 35.6 Å². The van der Waals surface area contributed by atoms with Crippen LogP contribution in [0.2, 0.25) is 0 Å². The van der Waals surface area contributed by atoms with E-state index in [9.17, 15) is 4.79 Å². The van der Waals surface area contributed by atoms with Crippen LogP contribution in [0.15, 0.2) is 0 Å². The lowest BCUT2D eigenvalue weighted by Crippen LogP contribution is -2.42. The number of piperidine rings is 1. The van der Waals surface area contributed by atoms with Crippen molar-refractivity contribution in [3.63, 3.8) is 0 Å².